The van der Waals surface area contributed by atoms with Crippen LogP contribution in [0.1, 0.15) is 58.7 Å². The molecule has 0 bridgehead atoms. The zero-order valence-electron chi connectivity index (χ0n) is 18.3. The first kappa shape index (κ1) is 23.3. The summed E-state index contributed by atoms with van der Waals surface area (Å²) in [6, 6.07) is 0.0174. The molecule has 0 atom stereocenters. The lowest BCUT2D eigenvalue weighted by Crippen LogP contribution is -2.47. The molecule has 1 N–H and O–H groups in total. The zero-order chi connectivity index (χ0) is 21.8. The SMILES string of the molecule is Cc1nn(CC(C)C)c(Cl)c1/C=C/C(=O)N1CCC(NC(=O)OC(C)(C)C)CC1. The number of aromatic nitrogens is 2. The Hall–Kier alpha value is -2.02. The Labute approximate surface area is 178 Å². The predicted molar refractivity (Wildman–Crippen MR) is 115 cm³/mol. The Bertz CT molecular complexity index is 757. The first-order valence-electron chi connectivity index (χ1n) is 10.2. The number of ether oxygens (including phenoxy) is 1. The van der Waals surface area contributed by atoms with Gasteiger partial charge in [0.2, 0.25) is 5.91 Å². The number of nitrogens with one attached hydrogen (secondary N) is 1. The number of hydrogen-bond donors (Lipinski definition) is 1. The van der Waals surface area contributed by atoms with Crippen molar-refractivity contribution in [3.05, 3.63) is 22.5 Å². The number of nitrogens with zero attached hydrogens (tertiary/aromatic N) is 3. The molecule has 162 valence electrons. The summed E-state index contributed by atoms with van der Waals surface area (Å²) in [5.41, 5.74) is 1.07. The molecule has 0 unspecified atom stereocenters. The summed E-state index contributed by atoms with van der Waals surface area (Å²) < 4.78 is 7.07. The van der Waals surface area contributed by atoms with Crippen molar-refractivity contribution in [2.75, 3.05) is 13.1 Å². The number of carbonyl (C=O) groups excluding carboxylic acids is 2. The minimum Gasteiger partial charge on any atom is -0.444 e. The molecule has 1 aliphatic rings. The first-order valence-corrected chi connectivity index (χ1v) is 10.5. The lowest BCUT2D eigenvalue weighted by atomic mass is 10.1. The molecule has 0 radical (unpaired) electrons. The molecule has 2 rings (SSSR count). The maximum Gasteiger partial charge on any atom is 0.407 e. The monoisotopic (exact) mass is 424 g/mol. The molecule has 0 aromatic carbocycles. The molecule has 0 spiro atoms. The minimum atomic E-state index is -0.520. The second-order valence-electron chi connectivity index (χ2n) is 8.94. The normalized spacial score (nSPS) is 15.9. The third kappa shape index (κ3) is 7.07. The van der Waals surface area contributed by atoms with Crippen LogP contribution in [0.2, 0.25) is 5.15 Å². The largest absolute Gasteiger partial charge is 0.444 e. The van der Waals surface area contributed by atoms with Gasteiger partial charge in [-0.1, -0.05) is 25.4 Å². The van der Waals surface area contributed by atoms with Crippen molar-refractivity contribution in [1.29, 1.82) is 0 Å². The Balaban J connectivity index is 1.89. The Morgan fingerprint density at radius 1 is 1.31 bits per heavy atom. The van der Waals surface area contributed by atoms with Gasteiger partial charge in [-0.25, -0.2) is 4.79 Å². The second kappa shape index (κ2) is 9.65. The van der Waals surface area contributed by atoms with E-state index in [0.29, 0.717) is 37.0 Å². The highest BCUT2D eigenvalue weighted by Crippen LogP contribution is 2.22. The number of halogens is 1. The fourth-order valence-electron chi connectivity index (χ4n) is 3.20. The molecule has 8 heteroatoms. The van der Waals surface area contributed by atoms with Crippen LogP contribution in [-0.2, 0) is 16.1 Å². The van der Waals surface area contributed by atoms with Gasteiger partial charge in [0.25, 0.3) is 0 Å². The molecule has 1 aromatic heterocycles. The molecule has 0 saturated carbocycles. The van der Waals surface area contributed by atoms with E-state index in [2.05, 4.69) is 24.3 Å². The predicted octanol–water partition coefficient (Wildman–Crippen LogP) is 4.03. The summed E-state index contributed by atoms with van der Waals surface area (Å²) >= 11 is 6.43. The summed E-state index contributed by atoms with van der Waals surface area (Å²) in [5.74, 6) is 0.369. The molecule has 0 aliphatic carbocycles. The number of rotatable bonds is 5. The Kier molecular flexibility index (Phi) is 7.74. The van der Waals surface area contributed by atoms with E-state index in [1.165, 1.54) is 0 Å². The Morgan fingerprint density at radius 2 is 1.93 bits per heavy atom. The fourth-order valence-corrected chi connectivity index (χ4v) is 3.51. The maximum atomic E-state index is 12.6. The van der Waals surface area contributed by atoms with E-state index in [9.17, 15) is 9.59 Å². The highest BCUT2D eigenvalue weighted by molar-refractivity contribution is 6.31. The number of hydrogen-bond acceptors (Lipinski definition) is 4. The Morgan fingerprint density at radius 3 is 2.48 bits per heavy atom. The zero-order valence-corrected chi connectivity index (χ0v) is 19.0. The van der Waals surface area contributed by atoms with E-state index in [1.807, 2.05) is 27.7 Å². The van der Waals surface area contributed by atoms with Crippen LogP contribution in [0.15, 0.2) is 6.08 Å². The molecule has 2 amide bonds. The van der Waals surface area contributed by atoms with Gasteiger partial charge in [-0.2, -0.15) is 5.10 Å². The molecule has 29 heavy (non-hydrogen) atoms. The van der Waals surface area contributed by atoms with Gasteiger partial charge in [0.1, 0.15) is 10.8 Å². The summed E-state index contributed by atoms with van der Waals surface area (Å²) in [4.78, 5) is 26.2. The van der Waals surface area contributed by atoms with E-state index in [0.717, 1.165) is 17.8 Å². The highest BCUT2D eigenvalue weighted by Gasteiger charge is 2.25. The van der Waals surface area contributed by atoms with Gasteiger partial charge in [0, 0.05) is 37.3 Å². The van der Waals surface area contributed by atoms with Crippen LogP contribution in [0.5, 0.6) is 0 Å². The summed E-state index contributed by atoms with van der Waals surface area (Å²) in [6.07, 6.45) is 4.28. The molecule has 1 aromatic rings. The van der Waals surface area contributed by atoms with Crippen molar-refractivity contribution in [3.63, 3.8) is 0 Å². The molecule has 2 heterocycles. The van der Waals surface area contributed by atoms with Crippen molar-refractivity contribution in [2.24, 2.45) is 5.92 Å². The minimum absolute atomic E-state index is 0.0174. The number of carbonyl (C=O) groups is 2. The number of aryl methyl sites for hydroxylation is 1. The molecule has 7 nitrogen and oxygen atoms in total. The van der Waals surface area contributed by atoms with Crippen LogP contribution in [0.4, 0.5) is 4.79 Å². The van der Waals surface area contributed by atoms with Gasteiger partial charge in [-0.05, 0) is 52.5 Å². The molecular formula is C21H33ClN4O3. The lowest BCUT2D eigenvalue weighted by molar-refractivity contribution is -0.127. The van der Waals surface area contributed by atoms with Gasteiger partial charge >= 0.3 is 6.09 Å². The number of amides is 2. The quantitative estimate of drug-likeness (QED) is 0.724. The van der Waals surface area contributed by atoms with Gasteiger partial charge in [-0.3, -0.25) is 9.48 Å². The summed E-state index contributed by atoms with van der Waals surface area (Å²) in [7, 11) is 0. The van der Waals surface area contributed by atoms with Crippen LogP contribution in [0.25, 0.3) is 6.08 Å². The van der Waals surface area contributed by atoms with Gasteiger partial charge in [0.05, 0.1) is 5.69 Å². The average molecular weight is 425 g/mol. The standard InChI is InChI=1S/C21H33ClN4O3/c1-14(2)13-26-19(22)17(15(3)24-26)7-8-18(27)25-11-9-16(10-12-25)23-20(28)29-21(4,5)6/h7-8,14,16H,9-13H2,1-6H3,(H,23,28)/b8-7+. The van der Waals surface area contributed by atoms with Crippen LogP contribution >= 0.6 is 11.6 Å². The summed E-state index contributed by atoms with van der Waals surface area (Å²) in [5, 5.41) is 7.90. The second-order valence-corrected chi connectivity index (χ2v) is 9.30. The first-order chi connectivity index (χ1) is 13.5. The topological polar surface area (TPSA) is 76.5 Å². The highest BCUT2D eigenvalue weighted by atomic mass is 35.5. The van der Waals surface area contributed by atoms with Crippen molar-refractivity contribution >= 4 is 29.7 Å². The molecule has 1 saturated heterocycles. The van der Waals surface area contributed by atoms with Crippen molar-refractivity contribution in [3.8, 4) is 0 Å². The fraction of sp³-hybridized carbons (Fsp3) is 0.667. The third-order valence-electron chi connectivity index (χ3n) is 4.57. The number of alkyl carbamates (subject to hydrolysis) is 1. The molecule has 1 fully saturated rings. The number of piperidine rings is 1. The van der Waals surface area contributed by atoms with Crippen LogP contribution in [0.3, 0.4) is 0 Å². The van der Waals surface area contributed by atoms with Crippen LogP contribution in [0, 0.1) is 12.8 Å². The average Bonchev–Trinajstić information content (AvgIpc) is 2.84. The van der Waals surface area contributed by atoms with E-state index in [1.54, 1.807) is 21.7 Å². The smallest absolute Gasteiger partial charge is 0.407 e. The number of likely N-dealkylation sites (tertiary alicyclic amines) is 1. The van der Waals surface area contributed by atoms with Gasteiger partial charge in [-0.15, -0.1) is 0 Å². The molecule has 1 aliphatic heterocycles. The van der Waals surface area contributed by atoms with Crippen molar-refractivity contribution in [1.82, 2.24) is 20.0 Å². The van der Waals surface area contributed by atoms with Crippen LogP contribution < -0.4 is 5.32 Å². The lowest BCUT2D eigenvalue weighted by Gasteiger charge is -2.32. The summed E-state index contributed by atoms with van der Waals surface area (Å²) in [6.45, 7) is 13.5. The maximum absolute atomic E-state index is 12.6. The van der Waals surface area contributed by atoms with E-state index in [4.69, 9.17) is 16.3 Å². The van der Waals surface area contributed by atoms with Crippen molar-refractivity contribution in [2.45, 2.75) is 72.6 Å². The molecular weight excluding hydrogens is 392 g/mol. The van der Waals surface area contributed by atoms with Gasteiger partial charge < -0.3 is 15.0 Å². The van der Waals surface area contributed by atoms with Crippen molar-refractivity contribution < 1.29 is 14.3 Å². The van der Waals surface area contributed by atoms with E-state index < -0.39 is 11.7 Å². The van der Waals surface area contributed by atoms with E-state index >= 15 is 0 Å². The van der Waals surface area contributed by atoms with Crippen LogP contribution in [-0.4, -0.2) is 51.4 Å². The van der Waals surface area contributed by atoms with E-state index in [-0.39, 0.29) is 11.9 Å². The van der Waals surface area contributed by atoms with Gasteiger partial charge in [0.15, 0.2) is 0 Å². The third-order valence-corrected chi connectivity index (χ3v) is 4.97.